The topological polar surface area (TPSA) is 72.2 Å². The summed E-state index contributed by atoms with van der Waals surface area (Å²) in [6.45, 7) is 2.02. The van der Waals surface area contributed by atoms with Gasteiger partial charge in [-0.3, -0.25) is 0 Å². The molecule has 114 valence electrons. The molecule has 2 aromatic carbocycles. The maximum Gasteiger partial charge on any atom is 0.240 e. The summed E-state index contributed by atoms with van der Waals surface area (Å²) in [5.41, 5.74) is 7.79. The summed E-state index contributed by atoms with van der Waals surface area (Å²) in [4.78, 5) is 0.262. The van der Waals surface area contributed by atoms with Gasteiger partial charge >= 0.3 is 0 Å². The number of aryl methyl sites for hydroxylation is 1. The van der Waals surface area contributed by atoms with Crippen molar-refractivity contribution in [1.82, 2.24) is 4.72 Å². The van der Waals surface area contributed by atoms with Crippen LogP contribution in [-0.4, -0.2) is 15.0 Å². The van der Waals surface area contributed by atoms with Gasteiger partial charge in [0.1, 0.15) is 0 Å². The van der Waals surface area contributed by atoms with Crippen LogP contribution in [0.15, 0.2) is 59.5 Å². The molecule has 0 saturated heterocycles. The van der Waals surface area contributed by atoms with Crippen molar-refractivity contribution in [2.24, 2.45) is 5.73 Å². The molecular formula is C15H19ClN2O2S. The number of nitrogens with two attached hydrogens (primary N) is 1. The Kier molecular flexibility index (Phi) is 6.36. The Hall–Kier alpha value is -1.40. The van der Waals surface area contributed by atoms with E-state index in [-0.39, 0.29) is 29.9 Å². The number of hydrogen-bond acceptors (Lipinski definition) is 3. The minimum atomic E-state index is -3.52. The Balaban J connectivity index is 0.00000220. The summed E-state index contributed by atoms with van der Waals surface area (Å²) in [7, 11) is -3.52. The summed E-state index contributed by atoms with van der Waals surface area (Å²) in [6.07, 6.45) is 0. The highest BCUT2D eigenvalue weighted by atomic mass is 35.5. The highest BCUT2D eigenvalue weighted by Crippen LogP contribution is 2.13. The Labute approximate surface area is 131 Å². The maximum absolute atomic E-state index is 12.2. The fourth-order valence-electron chi connectivity index (χ4n) is 1.88. The van der Waals surface area contributed by atoms with Crippen LogP contribution in [0.2, 0.25) is 0 Å². The van der Waals surface area contributed by atoms with Crippen LogP contribution in [-0.2, 0) is 10.0 Å². The van der Waals surface area contributed by atoms with E-state index in [1.54, 1.807) is 18.2 Å². The van der Waals surface area contributed by atoms with Crippen LogP contribution in [0.5, 0.6) is 0 Å². The monoisotopic (exact) mass is 326 g/mol. The van der Waals surface area contributed by atoms with E-state index >= 15 is 0 Å². The van der Waals surface area contributed by atoms with E-state index in [2.05, 4.69) is 4.72 Å². The van der Waals surface area contributed by atoms with E-state index in [0.717, 1.165) is 11.1 Å². The van der Waals surface area contributed by atoms with Crippen molar-refractivity contribution in [3.63, 3.8) is 0 Å². The average molecular weight is 327 g/mol. The van der Waals surface area contributed by atoms with Crippen molar-refractivity contribution in [3.8, 4) is 0 Å². The minimum Gasteiger partial charge on any atom is -0.323 e. The molecule has 0 heterocycles. The molecule has 0 bridgehead atoms. The lowest BCUT2D eigenvalue weighted by Gasteiger charge is -2.13. The second-order valence-corrected chi connectivity index (χ2v) is 6.45. The van der Waals surface area contributed by atoms with E-state index in [9.17, 15) is 8.42 Å². The van der Waals surface area contributed by atoms with Gasteiger partial charge in [0, 0.05) is 12.6 Å². The standard InChI is InChI=1S/C15H18N2O2S.ClH/c1-12-6-5-9-14(10-12)20(18,19)17-11-15(16)13-7-3-2-4-8-13;/h2-10,15,17H,11,16H2,1H3;1H. The van der Waals surface area contributed by atoms with Gasteiger partial charge in [-0.2, -0.15) is 0 Å². The Morgan fingerprint density at radius 1 is 1.10 bits per heavy atom. The third kappa shape index (κ3) is 4.82. The summed E-state index contributed by atoms with van der Waals surface area (Å²) >= 11 is 0. The van der Waals surface area contributed by atoms with Gasteiger partial charge in [-0.1, -0.05) is 42.5 Å². The lowest BCUT2D eigenvalue weighted by molar-refractivity contribution is 0.572. The van der Waals surface area contributed by atoms with E-state index in [4.69, 9.17) is 5.73 Å². The molecule has 1 atom stereocenters. The van der Waals surface area contributed by atoms with Crippen LogP contribution in [0.3, 0.4) is 0 Å². The molecule has 2 aromatic rings. The molecule has 3 N–H and O–H groups in total. The highest BCUT2D eigenvalue weighted by molar-refractivity contribution is 7.89. The van der Waals surface area contributed by atoms with Crippen molar-refractivity contribution in [2.75, 3.05) is 6.54 Å². The normalized spacial score (nSPS) is 12.5. The first kappa shape index (κ1) is 17.7. The number of benzene rings is 2. The van der Waals surface area contributed by atoms with Gasteiger partial charge in [-0.25, -0.2) is 13.1 Å². The van der Waals surface area contributed by atoms with Crippen LogP contribution >= 0.6 is 12.4 Å². The molecular weight excluding hydrogens is 308 g/mol. The molecule has 4 nitrogen and oxygen atoms in total. The zero-order valence-corrected chi connectivity index (χ0v) is 13.3. The largest absolute Gasteiger partial charge is 0.323 e. The third-order valence-electron chi connectivity index (χ3n) is 3.02. The van der Waals surface area contributed by atoms with Gasteiger partial charge in [-0.05, 0) is 30.2 Å². The van der Waals surface area contributed by atoms with Gasteiger partial charge in [-0.15, -0.1) is 12.4 Å². The lowest BCUT2D eigenvalue weighted by atomic mass is 10.1. The molecule has 21 heavy (non-hydrogen) atoms. The Bertz CT molecular complexity index is 675. The van der Waals surface area contributed by atoms with E-state index < -0.39 is 10.0 Å². The Morgan fingerprint density at radius 3 is 2.38 bits per heavy atom. The molecule has 0 radical (unpaired) electrons. The zero-order chi connectivity index (χ0) is 14.6. The van der Waals surface area contributed by atoms with Crippen LogP contribution in [0.25, 0.3) is 0 Å². The molecule has 0 aliphatic heterocycles. The van der Waals surface area contributed by atoms with Crippen molar-refractivity contribution in [1.29, 1.82) is 0 Å². The molecule has 0 amide bonds. The minimum absolute atomic E-state index is 0. The smallest absolute Gasteiger partial charge is 0.240 e. The van der Waals surface area contributed by atoms with Crippen molar-refractivity contribution >= 4 is 22.4 Å². The molecule has 0 spiro atoms. The molecule has 0 fully saturated rings. The summed E-state index contributed by atoms with van der Waals surface area (Å²) in [5, 5.41) is 0. The number of sulfonamides is 1. The van der Waals surface area contributed by atoms with Gasteiger partial charge in [0.25, 0.3) is 0 Å². The predicted molar refractivity (Wildman–Crippen MR) is 87.0 cm³/mol. The Morgan fingerprint density at radius 2 is 1.76 bits per heavy atom. The number of nitrogens with one attached hydrogen (secondary N) is 1. The second-order valence-electron chi connectivity index (χ2n) is 4.69. The molecule has 1 unspecified atom stereocenters. The summed E-state index contributed by atoms with van der Waals surface area (Å²) in [5.74, 6) is 0. The highest BCUT2D eigenvalue weighted by Gasteiger charge is 2.15. The van der Waals surface area contributed by atoms with Crippen LogP contribution in [0.4, 0.5) is 0 Å². The molecule has 6 heteroatoms. The number of halogens is 1. The molecule has 0 aliphatic rings. The molecule has 0 aromatic heterocycles. The van der Waals surface area contributed by atoms with Crippen molar-refractivity contribution < 1.29 is 8.42 Å². The summed E-state index contributed by atoms with van der Waals surface area (Å²) in [6, 6.07) is 15.8. The first-order chi connectivity index (χ1) is 9.49. The van der Waals surface area contributed by atoms with E-state index in [1.807, 2.05) is 43.3 Å². The first-order valence-corrected chi connectivity index (χ1v) is 7.84. The average Bonchev–Trinajstić information content (AvgIpc) is 2.46. The fraction of sp³-hybridized carbons (Fsp3) is 0.200. The van der Waals surface area contributed by atoms with E-state index in [1.165, 1.54) is 0 Å². The van der Waals surface area contributed by atoms with Crippen LogP contribution in [0, 0.1) is 6.92 Å². The van der Waals surface area contributed by atoms with Crippen LogP contribution in [0.1, 0.15) is 17.2 Å². The number of hydrogen-bond donors (Lipinski definition) is 2. The van der Waals surface area contributed by atoms with Crippen LogP contribution < -0.4 is 10.5 Å². The predicted octanol–water partition coefficient (Wildman–Crippen LogP) is 2.40. The van der Waals surface area contributed by atoms with Gasteiger partial charge in [0.05, 0.1) is 4.90 Å². The van der Waals surface area contributed by atoms with Gasteiger partial charge in [0.15, 0.2) is 0 Å². The SMILES string of the molecule is Cc1cccc(S(=O)(=O)NCC(N)c2ccccc2)c1.Cl. The lowest BCUT2D eigenvalue weighted by Crippen LogP contribution is -2.32. The second kappa shape index (κ2) is 7.56. The maximum atomic E-state index is 12.2. The van der Waals surface area contributed by atoms with Crippen molar-refractivity contribution in [3.05, 3.63) is 65.7 Å². The zero-order valence-electron chi connectivity index (χ0n) is 11.7. The fourth-order valence-corrected chi connectivity index (χ4v) is 3.05. The quantitative estimate of drug-likeness (QED) is 0.886. The molecule has 2 rings (SSSR count). The first-order valence-electron chi connectivity index (χ1n) is 6.36. The van der Waals surface area contributed by atoms with Gasteiger partial charge < -0.3 is 5.73 Å². The summed E-state index contributed by atoms with van der Waals surface area (Å²) < 4.78 is 26.9. The van der Waals surface area contributed by atoms with Gasteiger partial charge in [0.2, 0.25) is 10.0 Å². The molecule has 0 saturated carbocycles. The van der Waals surface area contributed by atoms with E-state index in [0.29, 0.717) is 0 Å². The third-order valence-corrected chi connectivity index (χ3v) is 4.44. The number of rotatable bonds is 5. The van der Waals surface area contributed by atoms with Crippen molar-refractivity contribution in [2.45, 2.75) is 17.9 Å². The molecule has 0 aliphatic carbocycles.